The first-order valence-corrected chi connectivity index (χ1v) is 5.04. The summed E-state index contributed by atoms with van der Waals surface area (Å²) in [6.07, 6.45) is 0. The summed E-state index contributed by atoms with van der Waals surface area (Å²) in [4.78, 5) is 1.39. The van der Waals surface area contributed by atoms with Crippen LogP contribution in [0.1, 0.15) is 5.56 Å². The molecule has 1 aromatic carbocycles. The van der Waals surface area contributed by atoms with Crippen LogP contribution in [0, 0.1) is 0 Å². The van der Waals surface area contributed by atoms with Crippen molar-refractivity contribution in [2.45, 2.75) is 6.54 Å². The van der Waals surface area contributed by atoms with Crippen molar-refractivity contribution in [2.75, 3.05) is 21.2 Å². The van der Waals surface area contributed by atoms with Gasteiger partial charge >= 0.3 is 0 Å². The van der Waals surface area contributed by atoms with E-state index in [1.165, 1.54) is 10.5 Å². The van der Waals surface area contributed by atoms with Gasteiger partial charge in [-0.2, -0.15) is 0 Å². The van der Waals surface area contributed by atoms with Crippen LogP contribution in [-0.4, -0.2) is 21.2 Å². The molecule has 0 aromatic heterocycles. The largest absolute Gasteiger partial charge is 0.496 e. The second-order valence-corrected chi connectivity index (χ2v) is 4.26. The zero-order chi connectivity index (χ0) is 9.84. The molecule has 0 saturated heterocycles. The van der Waals surface area contributed by atoms with Crippen molar-refractivity contribution in [1.29, 1.82) is 0 Å². The van der Waals surface area contributed by atoms with Gasteiger partial charge < -0.3 is 9.64 Å². The third kappa shape index (κ3) is 3.01. The normalized spacial score (nSPS) is 10.5. The third-order valence-electron chi connectivity index (χ3n) is 1.79. The molecule has 3 heteroatoms. The number of hydrogen-bond acceptors (Lipinski definition) is 1. The first-order chi connectivity index (χ1) is 6.13. The maximum Gasteiger partial charge on any atom is 0.127 e. The SMILES string of the molecule is COc1ccc(Br)cc1C[NH+](C)C. The summed E-state index contributed by atoms with van der Waals surface area (Å²) in [6.45, 7) is 0.975. The van der Waals surface area contributed by atoms with Crippen molar-refractivity contribution >= 4 is 15.9 Å². The lowest BCUT2D eigenvalue weighted by molar-refractivity contribution is -0.872. The first-order valence-electron chi connectivity index (χ1n) is 4.25. The Morgan fingerprint density at radius 1 is 1.38 bits per heavy atom. The molecule has 72 valence electrons. The predicted octanol–water partition coefficient (Wildman–Crippen LogP) is 1.10. The van der Waals surface area contributed by atoms with E-state index in [9.17, 15) is 0 Å². The molecule has 1 N–H and O–H groups in total. The van der Waals surface area contributed by atoms with Crippen LogP contribution in [0.15, 0.2) is 22.7 Å². The topological polar surface area (TPSA) is 13.7 Å². The lowest BCUT2D eigenvalue weighted by Crippen LogP contribution is -3.04. The summed E-state index contributed by atoms with van der Waals surface area (Å²) in [5.74, 6) is 0.962. The van der Waals surface area contributed by atoms with E-state index >= 15 is 0 Å². The fraction of sp³-hybridized carbons (Fsp3) is 0.400. The fourth-order valence-electron chi connectivity index (χ4n) is 1.27. The molecule has 0 atom stereocenters. The van der Waals surface area contributed by atoms with Crippen molar-refractivity contribution in [3.63, 3.8) is 0 Å². The van der Waals surface area contributed by atoms with E-state index in [-0.39, 0.29) is 0 Å². The summed E-state index contributed by atoms with van der Waals surface area (Å²) >= 11 is 3.45. The van der Waals surface area contributed by atoms with Gasteiger partial charge in [-0.05, 0) is 18.2 Å². The molecule has 0 amide bonds. The molecule has 0 unspecified atom stereocenters. The Balaban J connectivity index is 2.94. The van der Waals surface area contributed by atoms with Crippen LogP contribution in [0.5, 0.6) is 5.75 Å². The van der Waals surface area contributed by atoms with Crippen LogP contribution < -0.4 is 9.64 Å². The van der Waals surface area contributed by atoms with Gasteiger partial charge in [-0.1, -0.05) is 15.9 Å². The summed E-state index contributed by atoms with van der Waals surface area (Å²) in [5.41, 5.74) is 1.23. The highest BCUT2D eigenvalue weighted by Gasteiger charge is 2.06. The van der Waals surface area contributed by atoms with Gasteiger partial charge in [0.15, 0.2) is 0 Å². The van der Waals surface area contributed by atoms with Gasteiger partial charge in [0.05, 0.1) is 21.2 Å². The van der Waals surface area contributed by atoms with E-state index in [2.05, 4.69) is 36.1 Å². The lowest BCUT2D eigenvalue weighted by atomic mass is 10.2. The van der Waals surface area contributed by atoms with Gasteiger partial charge in [0.2, 0.25) is 0 Å². The summed E-state index contributed by atoms with van der Waals surface area (Å²) in [5, 5.41) is 0. The quantitative estimate of drug-likeness (QED) is 0.842. The number of nitrogens with one attached hydrogen (secondary N) is 1. The Labute approximate surface area is 87.6 Å². The molecule has 0 aliphatic heterocycles. The van der Waals surface area contributed by atoms with Gasteiger partial charge in [0.25, 0.3) is 0 Å². The van der Waals surface area contributed by atoms with E-state index in [4.69, 9.17) is 4.74 Å². The Kier molecular flexibility index (Phi) is 3.75. The average molecular weight is 245 g/mol. The zero-order valence-corrected chi connectivity index (χ0v) is 9.81. The Hall–Kier alpha value is -0.540. The van der Waals surface area contributed by atoms with E-state index in [0.717, 1.165) is 16.8 Å². The van der Waals surface area contributed by atoms with Crippen LogP contribution in [0.2, 0.25) is 0 Å². The van der Waals surface area contributed by atoms with Gasteiger partial charge in [-0.25, -0.2) is 0 Å². The minimum Gasteiger partial charge on any atom is -0.496 e. The highest BCUT2D eigenvalue weighted by atomic mass is 79.9. The van der Waals surface area contributed by atoms with Crippen molar-refractivity contribution in [3.8, 4) is 5.75 Å². The first kappa shape index (κ1) is 10.5. The molecule has 1 aromatic rings. The average Bonchev–Trinajstić information content (AvgIpc) is 2.03. The molecule has 1 rings (SSSR count). The van der Waals surface area contributed by atoms with E-state index < -0.39 is 0 Å². The molecule has 0 aliphatic rings. The molecule has 0 heterocycles. The fourth-order valence-corrected chi connectivity index (χ4v) is 1.67. The van der Waals surface area contributed by atoms with E-state index in [1.54, 1.807) is 7.11 Å². The Bertz CT molecular complexity index is 286. The number of rotatable bonds is 3. The van der Waals surface area contributed by atoms with Crippen molar-refractivity contribution in [1.82, 2.24) is 0 Å². The number of quaternary nitrogens is 1. The van der Waals surface area contributed by atoms with E-state index in [1.807, 2.05) is 12.1 Å². The number of ether oxygens (including phenoxy) is 1. The van der Waals surface area contributed by atoms with Crippen LogP contribution >= 0.6 is 15.9 Å². The third-order valence-corrected chi connectivity index (χ3v) is 2.28. The highest BCUT2D eigenvalue weighted by molar-refractivity contribution is 9.10. The maximum atomic E-state index is 5.27. The van der Waals surface area contributed by atoms with Gasteiger partial charge in [0.1, 0.15) is 12.3 Å². The number of methoxy groups -OCH3 is 1. The molecular weight excluding hydrogens is 230 g/mol. The van der Waals surface area contributed by atoms with Crippen LogP contribution in [0.4, 0.5) is 0 Å². The van der Waals surface area contributed by atoms with Crippen molar-refractivity contribution < 1.29 is 9.64 Å². The Morgan fingerprint density at radius 2 is 2.08 bits per heavy atom. The van der Waals surface area contributed by atoms with Gasteiger partial charge in [0, 0.05) is 10.0 Å². The highest BCUT2D eigenvalue weighted by Crippen LogP contribution is 2.21. The van der Waals surface area contributed by atoms with Crippen LogP contribution in [0.3, 0.4) is 0 Å². The Morgan fingerprint density at radius 3 is 2.62 bits per heavy atom. The minimum atomic E-state index is 0.962. The summed E-state index contributed by atoms with van der Waals surface area (Å²) in [6, 6.07) is 6.08. The number of halogens is 1. The monoisotopic (exact) mass is 244 g/mol. The van der Waals surface area contributed by atoms with Gasteiger partial charge in [-0.15, -0.1) is 0 Å². The second-order valence-electron chi connectivity index (χ2n) is 3.34. The maximum absolute atomic E-state index is 5.27. The molecule has 13 heavy (non-hydrogen) atoms. The molecule has 0 fully saturated rings. The molecule has 0 saturated carbocycles. The molecule has 0 aliphatic carbocycles. The number of hydrogen-bond donors (Lipinski definition) is 1. The standard InChI is InChI=1S/C10H14BrNO/c1-12(2)7-8-6-9(11)4-5-10(8)13-3/h4-6H,7H2,1-3H3/p+1. The summed E-state index contributed by atoms with van der Waals surface area (Å²) < 4.78 is 6.37. The smallest absolute Gasteiger partial charge is 0.127 e. The number of benzene rings is 1. The molecule has 0 radical (unpaired) electrons. The molecule has 0 bridgehead atoms. The molecular formula is C10H15BrNO+. The summed E-state index contributed by atoms with van der Waals surface area (Å²) in [7, 11) is 5.96. The van der Waals surface area contributed by atoms with Crippen molar-refractivity contribution in [2.24, 2.45) is 0 Å². The van der Waals surface area contributed by atoms with Crippen LogP contribution in [0.25, 0.3) is 0 Å². The van der Waals surface area contributed by atoms with Crippen LogP contribution in [-0.2, 0) is 6.54 Å². The predicted molar refractivity (Wildman–Crippen MR) is 57.2 cm³/mol. The van der Waals surface area contributed by atoms with E-state index in [0.29, 0.717) is 0 Å². The van der Waals surface area contributed by atoms with Crippen molar-refractivity contribution in [3.05, 3.63) is 28.2 Å². The second kappa shape index (κ2) is 4.63. The minimum absolute atomic E-state index is 0.962. The zero-order valence-electron chi connectivity index (χ0n) is 8.23. The molecule has 2 nitrogen and oxygen atoms in total. The molecule has 0 spiro atoms. The lowest BCUT2D eigenvalue weighted by Gasteiger charge is -2.11. The van der Waals surface area contributed by atoms with Gasteiger partial charge in [-0.3, -0.25) is 0 Å².